The Morgan fingerprint density at radius 1 is 1.34 bits per heavy atom. The average molecular weight is 390 g/mol. The number of hydrogen-bond donors (Lipinski definition) is 3. The van der Waals surface area contributed by atoms with Gasteiger partial charge in [0.2, 0.25) is 0 Å². The number of allylic oxidation sites excluding steroid dienone is 1. The lowest BCUT2D eigenvalue weighted by Gasteiger charge is -2.16. The number of fused-ring (bicyclic) bond motifs is 1. The third-order valence-electron chi connectivity index (χ3n) is 4.04. The van der Waals surface area contributed by atoms with Gasteiger partial charge in [-0.05, 0) is 19.9 Å². The van der Waals surface area contributed by atoms with E-state index >= 15 is 0 Å². The summed E-state index contributed by atoms with van der Waals surface area (Å²) in [4.78, 5) is 13.0. The zero-order chi connectivity index (χ0) is 20.8. The molecule has 0 aliphatic carbocycles. The van der Waals surface area contributed by atoms with Crippen molar-refractivity contribution in [2.24, 2.45) is 10.7 Å². The van der Waals surface area contributed by atoms with Crippen molar-refractivity contribution in [1.82, 2.24) is 19.7 Å². The molecule has 0 atom stereocenters. The van der Waals surface area contributed by atoms with E-state index < -0.39 is 0 Å². The largest absolute Gasteiger partial charge is 0.404 e. The molecule has 0 aliphatic rings. The molecule has 148 valence electrons. The Morgan fingerprint density at radius 2 is 2.17 bits per heavy atom. The highest BCUT2D eigenvalue weighted by atomic mass is 16.3. The molecule has 0 unspecified atom stereocenters. The average Bonchev–Trinajstić information content (AvgIpc) is 3.14. The Labute approximate surface area is 168 Å². The van der Waals surface area contributed by atoms with Gasteiger partial charge in [-0.1, -0.05) is 0 Å². The highest BCUT2D eigenvalue weighted by molar-refractivity contribution is 6.11. The summed E-state index contributed by atoms with van der Waals surface area (Å²) in [5, 5.41) is 26.5. The van der Waals surface area contributed by atoms with E-state index in [1.807, 2.05) is 19.9 Å². The van der Waals surface area contributed by atoms with Crippen LogP contribution >= 0.6 is 0 Å². The van der Waals surface area contributed by atoms with Gasteiger partial charge in [0.1, 0.15) is 6.07 Å². The predicted molar refractivity (Wildman–Crippen MR) is 113 cm³/mol. The minimum absolute atomic E-state index is 0.0322. The molecule has 0 saturated carbocycles. The van der Waals surface area contributed by atoms with E-state index in [-0.39, 0.29) is 12.6 Å². The number of nitriles is 1. The van der Waals surface area contributed by atoms with E-state index in [9.17, 15) is 0 Å². The van der Waals surface area contributed by atoms with Gasteiger partial charge in [0.05, 0.1) is 24.9 Å². The van der Waals surface area contributed by atoms with Crippen LogP contribution in [-0.4, -0.2) is 50.3 Å². The highest BCUT2D eigenvalue weighted by Crippen LogP contribution is 2.26. The molecule has 29 heavy (non-hydrogen) atoms. The Morgan fingerprint density at radius 3 is 2.86 bits per heavy atom. The number of aliphatic hydroxyl groups excluding tert-OH is 1. The smallest absolute Gasteiger partial charge is 0.164 e. The number of aliphatic imine (C=N–C) groups is 1. The molecule has 9 nitrogen and oxygen atoms in total. The third kappa shape index (κ3) is 4.39. The van der Waals surface area contributed by atoms with Crippen LogP contribution < -0.4 is 11.1 Å². The number of hydrogen-bond acceptors (Lipinski definition) is 8. The number of pyridine rings is 2. The lowest BCUT2D eigenvalue weighted by atomic mass is 10.1. The van der Waals surface area contributed by atoms with Crippen LogP contribution in [0.25, 0.3) is 22.4 Å². The van der Waals surface area contributed by atoms with Gasteiger partial charge in [-0.3, -0.25) is 4.99 Å². The van der Waals surface area contributed by atoms with E-state index in [4.69, 9.17) is 16.1 Å². The van der Waals surface area contributed by atoms with Gasteiger partial charge in [0.25, 0.3) is 0 Å². The number of anilines is 1. The maximum Gasteiger partial charge on any atom is 0.164 e. The lowest BCUT2D eigenvalue weighted by Crippen LogP contribution is -2.13. The van der Waals surface area contributed by atoms with E-state index in [0.717, 1.165) is 16.6 Å². The van der Waals surface area contributed by atoms with Crippen LogP contribution in [0.3, 0.4) is 0 Å². The lowest BCUT2D eigenvalue weighted by molar-refractivity contribution is 0.307. The van der Waals surface area contributed by atoms with Crippen LogP contribution in [0.4, 0.5) is 5.69 Å². The van der Waals surface area contributed by atoms with E-state index in [1.165, 1.54) is 12.4 Å². The molecule has 3 heterocycles. The van der Waals surface area contributed by atoms with Gasteiger partial charge in [-0.15, -0.1) is 0 Å². The second kappa shape index (κ2) is 8.95. The third-order valence-corrected chi connectivity index (χ3v) is 4.04. The van der Waals surface area contributed by atoms with E-state index in [0.29, 0.717) is 29.1 Å². The highest BCUT2D eigenvalue weighted by Gasteiger charge is 2.14. The number of aliphatic hydroxyl groups is 1. The summed E-state index contributed by atoms with van der Waals surface area (Å²) in [6, 6.07) is 5.85. The van der Waals surface area contributed by atoms with Crippen LogP contribution in [0, 0.1) is 11.3 Å². The number of nitrogens with one attached hydrogen (secondary N) is 1. The van der Waals surface area contributed by atoms with E-state index in [2.05, 4.69) is 31.4 Å². The topological polar surface area (TPSA) is 138 Å². The summed E-state index contributed by atoms with van der Waals surface area (Å²) in [7, 11) is 0. The van der Waals surface area contributed by atoms with Gasteiger partial charge >= 0.3 is 0 Å². The SMILES string of the molecule is CC(C)Nc1cc(-n2ncc3cc(C#N)cnc32)ncc1C(C=NCCO)=CN. The molecule has 3 aromatic heterocycles. The number of nitrogens with zero attached hydrogens (tertiary/aromatic N) is 6. The molecule has 0 radical (unpaired) electrons. The summed E-state index contributed by atoms with van der Waals surface area (Å²) >= 11 is 0. The zero-order valence-electron chi connectivity index (χ0n) is 16.2. The molecule has 3 rings (SSSR count). The zero-order valence-corrected chi connectivity index (χ0v) is 16.2. The van der Waals surface area contributed by atoms with Crippen molar-refractivity contribution in [3.8, 4) is 11.9 Å². The molecule has 0 fully saturated rings. The predicted octanol–water partition coefficient (Wildman–Crippen LogP) is 1.87. The molecule has 0 amide bonds. The molecule has 3 aromatic rings. The van der Waals surface area contributed by atoms with Gasteiger partial charge in [0.15, 0.2) is 11.5 Å². The number of aromatic nitrogens is 4. The van der Waals surface area contributed by atoms with Crippen molar-refractivity contribution < 1.29 is 5.11 Å². The van der Waals surface area contributed by atoms with Crippen LogP contribution in [-0.2, 0) is 0 Å². The van der Waals surface area contributed by atoms with Crippen molar-refractivity contribution in [3.05, 3.63) is 48.1 Å². The summed E-state index contributed by atoms with van der Waals surface area (Å²) < 4.78 is 1.62. The molecule has 9 heteroatoms. The number of nitrogens with two attached hydrogens (primary N) is 1. The molecule has 4 N–H and O–H groups in total. The van der Waals surface area contributed by atoms with Crippen LogP contribution in [0.1, 0.15) is 25.0 Å². The molecule has 0 aliphatic heterocycles. The Hall–Kier alpha value is -3.77. The first kappa shape index (κ1) is 20.0. The Balaban J connectivity index is 2.07. The van der Waals surface area contributed by atoms with Crippen molar-refractivity contribution in [2.45, 2.75) is 19.9 Å². The van der Waals surface area contributed by atoms with Crippen LogP contribution in [0.15, 0.2) is 41.9 Å². The summed E-state index contributed by atoms with van der Waals surface area (Å²) in [5.41, 5.74) is 9.16. The Kier molecular flexibility index (Phi) is 6.16. The molecule has 0 saturated heterocycles. The van der Waals surface area contributed by atoms with Crippen LogP contribution in [0.5, 0.6) is 0 Å². The van der Waals surface area contributed by atoms with Gasteiger partial charge in [-0.25, -0.2) is 9.97 Å². The molecule has 0 aromatic carbocycles. The van der Waals surface area contributed by atoms with Gasteiger partial charge in [0, 0.05) is 59.1 Å². The first-order valence-electron chi connectivity index (χ1n) is 9.11. The maximum absolute atomic E-state index is 9.05. The molecular weight excluding hydrogens is 368 g/mol. The minimum Gasteiger partial charge on any atom is -0.404 e. The molecule has 0 spiro atoms. The fourth-order valence-corrected chi connectivity index (χ4v) is 2.79. The van der Waals surface area contributed by atoms with Crippen molar-refractivity contribution in [1.29, 1.82) is 5.26 Å². The Bertz CT molecular complexity index is 1110. The monoisotopic (exact) mass is 390 g/mol. The van der Waals surface area contributed by atoms with E-state index in [1.54, 1.807) is 29.4 Å². The number of rotatable bonds is 7. The molecular formula is C20H22N8O. The normalized spacial score (nSPS) is 12.0. The first-order chi connectivity index (χ1) is 14.1. The second-order valence-corrected chi connectivity index (χ2v) is 6.57. The summed E-state index contributed by atoms with van der Waals surface area (Å²) in [6.45, 7) is 4.33. The van der Waals surface area contributed by atoms with Gasteiger partial charge in [-0.2, -0.15) is 15.0 Å². The van der Waals surface area contributed by atoms with Crippen molar-refractivity contribution in [2.75, 3.05) is 18.5 Å². The minimum atomic E-state index is -0.0322. The summed E-state index contributed by atoms with van der Waals surface area (Å²) in [5.74, 6) is 0.577. The standard InChI is InChI=1S/C20H22N8O/c1-13(2)27-18-6-19(24-12-17(18)16(8-22)10-23-3-4-29)28-20-15(11-26-28)5-14(7-21)9-25-20/h5-6,8-13,29H,3-4,22H2,1-2H3,(H,24,27). The first-order valence-corrected chi connectivity index (χ1v) is 9.11. The van der Waals surface area contributed by atoms with Crippen LogP contribution in [0.2, 0.25) is 0 Å². The second-order valence-electron chi connectivity index (χ2n) is 6.57. The summed E-state index contributed by atoms with van der Waals surface area (Å²) in [6.07, 6.45) is 7.93. The van der Waals surface area contributed by atoms with Crippen molar-refractivity contribution in [3.63, 3.8) is 0 Å². The van der Waals surface area contributed by atoms with Crippen molar-refractivity contribution >= 4 is 28.5 Å². The fraction of sp³-hybridized carbons (Fsp3) is 0.250. The molecule has 0 bridgehead atoms. The van der Waals surface area contributed by atoms with Gasteiger partial charge < -0.3 is 16.2 Å². The maximum atomic E-state index is 9.05. The fourth-order valence-electron chi connectivity index (χ4n) is 2.79. The quantitative estimate of drug-likeness (QED) is 0.523.